The molecular weight excluding hydrogens is 724 g/mol. The van der Waals surface area contributed by atoms with Crippen LogP contribution in [-0.4, -0.2) is 127 Å². The minimum Gasteiger partial charge on any atom is -0.491 e. The Balaban J connectivity index is 1.36. The minimum absolute atomic E-state index is 0.0368. The molecule has 3 atom stereocenters. The zero-order valence-electron chi connectivity index (χ0n) is 33.3. The predicted octanol–water partition coefficient (Wildman–Crippen LogP) is 4.81. The van der Waals surface area contributed by atoms with E-state index in [1.807, 2.05) is 4.90 Å². The zero-order chi connectivity index (χ0) is 40.7. The van der Waals surface area contributed by atoms with E-state index >= 15 is 0 Å². The number of hydrogen-bond acceptors (Lipinski definition) is 11. The molecule has 0 bridgehead atoms. The smallest absolute Gasteiger partial charge is 0.410 e. The van der Waals surface area contributed by atoms with Gasteiger partial charge in [0.25, 0.3) is 0 Å². The highest BCUT2D eigenvalue weighted by molar-refractivity contribution is 6.09. The molecule has 308 valence electrons. The Bertz CT molecular complexity index is 1620. The maximum Gasteiger partial charge on any atom is 0.410 e. The first-order valence-corrected chi connectivity index (χ1v) is 19.5. The van der Waals surface area contributed by atoms with Gasteiger partial charge in [-0.25, -0.2) is 9.59 Å². The lowest BCUT2D eigenvalue weighted by molar-refractivity contribution is -0.142. The fraction of sp³-hybridized carbons (Fsp3) is 0.610. The van der Waals surface area contributed by atoms with Crippen molar-refractivity contribution >= 4 is 29.7 Å². The van der Waals surface area contributed by atoms with Crippen LogP contribution >= 0.6 is 0 Å². The van der Waals surface area contributed by atoms with Gasteiger partial charge >= 0.3 is 12.1 Å². The number of likely N-dealkylation sites (N-methyl/N-ethyl adjacent to an activating group) is 1. The number of aromatic nitrogens is 1. The summed E-state index contributed by atoms with van der Waals surface area (Å²) in [5, 5.41) is 11.6. The van der Waals surface area contributed by atoms with Crippen molar-refractivity contribution in [2.24, 2.45) is 5.92 Å². The van der Waals surface area contributed by atoms with Crippen molar-refractivity contribution in [2.75, 3.05) is 59.8 Å². The topological polar surface area (TPSA) is 183 Å². The molecule has 1 saturated carbocycles. The Morgan fingerprint density at radius 2 is 1.57 bits per heavy atom. The molecule has 3 amide bonds. The Hall–Kier alpha value is -4.60. The molecule has 0 radical (unpaired) electrons. The van der Waals surface area contributed by atoms with E-state index in [4.69, 9.17) is 28.8 Å². The highest BCUT2D eigenvalue weighted by Crippen LogP contribution is 2.35. The molecule has 1 saturated heterocycles. The monoisotopic (exact) mass is 782 g/mol. The van der Waals surface area contributed by atoms with Crippen LogP contribution in [0.5, 0.6) is 5.75 Å². The van der Waals surface area contributed by atoms with Crippen LogP contribution in [0.1, 0.15) is 100 Å². The van der Waals surface area contributed by atoms with Gasteiger partial charge in [-0.2, -0.15) is 0 Å². The van der Waals surface area contributed by atoms with Gasteiger partial charge in [0.05, 0.1) is 39.1 Å². The number of aliphatic carboxylic acids is 1. The molecule has 56 heavy (non-hydrogen) atoms. The van der Waals surface area contributed by atoms with E-state index in [2.05, 4.69) is 10.3 Å². The lowest BCUT2D eigenvalue weighted by Crippen LogP contribution is -2.56. The number of ketones is 1. The number of pyridine rings is 1. The number of benzene rings is 1. The van der Waals surface area contributed by atoms with Crippen LogP contribution in [0.2, 0.25) is 0 Å². The van der Waals surface area contributed by atoms with E-state index in [1.165, 1.54) is 18.1 Å². The largest absolute Gasteiger partial charge is 0.491 e. The van der Waals surface area contributed by atoms with E-state index in [0.717, 1.165) is 44.1 Å². The van der Waals surface area contributed by atoms with Crippen LogP contribution in [0.25, 0.3) is 0 Å². The van der Waals surface area contributed by atoms with E-state index in [0.29, 0.717) is 49.7 Å². The first kappa shape index (κ1) is 44.1. The molecule has 2 N–H and O–H groups in total. The molecule has 1 aromatic carbocycles. The summed E-state index contributed by atoms with van der Waals surface area (Å²) in [4.78, 5) is 72.4. The van der Waals surface area contributed by atoms with Gasteiger partial charge in [-0.1, -0.05) is 31.4 Å². The van der Waals surface area contributed by atoms with Crippen molar-refractivity contribution in [3.05, 3.63) is 59.4 Å². The van der Waals surface area contributed by atoms with Crippen molar-refractivity contribution in [1.29, 1.82) is 0 Å². The average Bonchev–Trinajstić information content (AvgIpc) is 3.68. The van der Waals surface area contributed by atoms with Crippen molar-refractivity contribution in [2.45, 2.75) is 96.4 Å². The van der Waals surface area contributed by atoms with Crippen molar-refractivity contribution in [3.63, 3.8) is 0 Å². The number of nitrogens with zero attached hydrogens (tertiary/aromatic N) is 3. The SMILES string of the molecule is C[C@@H](C(=O)N[C@H](C(=O)N1CCC[C@H]1c1cncc(C(=O)c2cccc(OCCOCCOCCOCC(=O)O)c2)c1)C1CCCCC1)N(C)C(=O)OC(C)(C)C. The molecule has 1 aliphatic heterocycles. The highest BCUT2D eigenvalue weighted by Gasteiger charge is 2.40. The van der Waals surface area contributed by atoms with Crippen LogP contribution in [0.3, 0.4) is 0 Å². The van der Waals surface area contributed by atoms with Crippen molar-refractivity contribution < 1.29 is 52.8 Å². The summed E-state index contributed by atoms with van der Waals surface area (Å²) in [5.41, 5.74) is 0.828. The van der Waals surface area contributed by atoms with Crippen LogP contribution in [-0.2, 0) is 33.3 Å². The summed E-state index contributed by atoms with van der Waals surface area (Å²) in [6.45, 7) is 8.71. The fourth-order valence-electron chi connectivity index (χ4n) is 6.82. The third-order valence-electron chi connectivity index (χ3n) is 9.83. The number of likely N-dealkylation sites (tertiary alicyclic amines) is 1. The number of carboxylic acids is 1. The molecular formula is C41H58N4O11. The Labute approximate surface area is 329 Å². The third-order valence-corrected chi connectivity index (χ3v) is 9.83. The number of rotatable bonds is 20. The highest BCUT2D eigenvalue weighted by atomic mass is 16.6. The average molecular weight is 783 g/mol. The fourth-order valence-corrected chi connectivity index (χ4v) is 6.82. The van der Waals surface area contributed by atoms with Gasteiger partial charge in [0.2, 0.25) is 11.8 Å². The number of nitrogens with one attached hydrogen (secondary N) is 1. The quantitative estimate of drug-likeness (QED) is 0.138. The second-order valence-electron chi connectivity index (χ2n) is 15.2. The van der Waals surface area contributed by atoms with Crippen LogP contribution in [0.4, 0.5) is 4.79 Å². The zero-order valence-corrected chi connectivity index (χ0v) is 33.3. The van der Waals surface area contributed by atoms with Gasteiger partial charge in [0, 0.05) is 37.1 Å². The van der Waals surface area contributed by atoms with Gasteiger partial charge in [0.15, 0.2) is 5.78 Å². The Morgan fingerprint density at radius 3 is 2.25 bits per heavy atom. The summed E-state index contributed by atoms with van der Waals surface area (Å²) in [6.07, 6.45) is 8.70. The molecule has 0 spiro atoms. The van der Waals surface area contributed by atoms with Crippen molar-refractivity contribution in [1.82, 2.24) is 20.1 Å². The molecule has 0 unspecified atom stereocenters. The molecule has 1 aliphatic carbocycles. The predicted molar refractivity (Wildman–Crippen MR) is 205 cm³/mol. The number of carbonyl (C=O) groups excluding carboxylic acids is 4. The lowest BCUT2D eigenvalue weighted by atomic mass is 9.83. The van der Waals surface area contributed by atoms with E-state index in [-0.39, 0.29) is 50.1 Å². The van der Waals surface area contributed by atoms with E-state index < -0.39 is 35.7 Å². The minimum atomic E-state index is -1.03. The maximum atomic E-state index is 14.5. The second-order valence-corrected chi connectivity index (χ2v) is 15.2. The molecule has 15 heteroatoms. The number of hydrogen-bond donors (Lipinski definition) is 2. The van der Waals surface area contributed by atoms with Gasteiger partial charge < -0.3 is 39.0 Å². The van der Waals surface area contributed by atoms with E-state index in [9.17, 15) is 24.0 Å². The summed E-state index contributed by atoms with van der Waals surface area (Å²) < 4.78 is 27.0. The number of carbonyl (C=O) groups is 5. The first-order valence-electron chi connectivity index (χ1n) is 19.5. The summed E-state index contributed by atoms with van der Waals surface area (Å²) in [6, 6.07) is 6.72. The van der Waals surface area contributed by atoms with Crippen LogP contribution in [0.15, 0.2) is 42.7 Å². The number of carboxylic acid groups (broad SMARTS) is 1. The second kappa shape index (κ2) is 21.6. The molecule has 2 fully saturated rings. The standard InChI is InChI=1S/C41H58N4O11/c1-28(44(5)40(51)56-41(2,3)4)38(49)43-36(29-11-7-6-8-12-29)39(50)45-16-10-15-34(45)31-23-32(26-42-25-31)37(48)30-13-9-14-33(24-30)55-22-21-53-18-17-52-19-20-54-27-35(46)47/h9,13-14,23-26,28-29,34,36H,6-8,10-12,15-22,27H2,1-5H3,(H,43,49)(H,46,47)/t28-,34-,36-/m0/s1. The lowest BCUT2D eigenvalue weighted by Gasteiger charge is -2.36. The third kappa shape index (κ3) is 13.6. The van der Waals surface area contributed by atoms with Gasteiger partial charge in [0.1, 0.15) is 36.6 Å². The Morgan fingerprint density at radius 1 is 0.893 bits per heavy atom. The summed E-state index contributed by atoms with van der Waals surface area (Å²) in [5.74, 6) is -1.39. The summed E-state index contributed by atoms with van der Waals surface area (Å²) >= 11 is 0. The van der Waals surface area contributed by atoms with Gasteiger partial charge in [-0.3, -0.25) is 24.3 Å². The van der Waals surface area contributed by atoms with E-state index in [1.54, 1.807) is 64.2 Å². The molecule has 2 aromatic rings. The van der Waals surface area contributed by atoms with Gasteiger partial charge in [-0.15, -0.1) is 0 Å². The molecule has 4 rings (SSSR count). The number of ether oxygens (including phenoxy) is 5. The molecule has 15 nitrogen and oxygen atoms in total. The summed E-state index contributed by atoms with van der Waals surface area (Å²) in [7, 11) is 1.52. The molecule has 1 aromatic heterocycles. The Kier molecular flexibility index (Phi) is 17.0. The van der Waals surface area contributed by atoms with Crippen LogP contribution < -0.4 is 10.1 Å². The van der Waals surface area contributed by atoms with Gasteiger partial charge in [-0.05, 0) is 83.1 Å². The van der Waals surface area contributed by atoms with Crippen molar-refractivity contribution in [3.8, 4) is 5.75 Å². The number of amides is 3. The first-order chi connectivity index (χ1) is 26.7. The molecule has 2 heterocycles. The van der Waals surface area contributed by atoms with Crippen LogP contribution in [0, 0.1) is 5.92 Å². The maximum absolute atomic E-state index is 14.5. The molecule has 2 aliphatic rings. The normalized spacial score (nSPS) is 17.2.